The number of benzene rings is 2. The van der Waals surface area contributed by atoms with Gasteiger partial charge in [0.15, 0.2) is 11.6 Å². The molecular formula is C29H40F2. The Balaban J connectivity index is 1.59. The van der Waals surface area contributed by atoms with E-state index in [-0.39, 0.29) is 5.92 Å². The van der Waals surface area contributed by atoms with E-state index in [0.717, 1.165) is 30.7 Å². The maximum atomic E-state index is 15.1. The first kappa shape index (κ1) is 24.0. The predicted octanol–water partition coefficient (Wildman–Crippen LogP) is 9.46. The Hall–Kier alpha value is -1.70. The Morgan fingerprint density at radius 2 is 1.48 bits per heavy atom. The number of aryl methyl sites for hydroxylation is 1. The standard InChI is InChI=1S/C29H40F2/c1-4-6-7-8-9-10-23-13-15-24(16-14-23)21(3)26-19-20-27(29(31)28(26)30)25-17-11-22(5-2)12-18-25/h11-12,17-21,23-24H,4-10,13-16H2,1-3H3. The summed E-state index contributed by atoms with van der Waals surface area (Å²) in [6.07, 6.45) is 13.8. The van der Waals surface area contributed by atoms with Crippen molar-refractivity contribution < 1.29 is 8.78 Å². The average Bonchev–Trinajstić information content (AvgIpc) is 2.81. The van der Waals surface area contributed by atoms with Crippen LogP contribution in [0.25, 0.3) is 11.1 Å². The van der Waals surface area contributed by atoms with E-state index in [9.17, 15) is 4.39 Å². The van der Waals surface area contributed by atoms with Crippen molar-refractivity contribution in [3.05, 3.63) is 59.2 Å². The lowest BCUT2D eigenvalue weighted by Gasteiger charge is -2.33. The Morgan fingerprint density at radius 3 is 2.13 bits per heavy atom. The third-order valence-corrected chi connectivity index (χ3v) is 7.59. The monoisotopic (exact) mass is 426 g/mol. The molecule has 1 aliphatic carbocycles. The topological polar surface area (TPSA) is 0 Å². The number of halogens is 2. The number of hydrogen-bond acceptors (Lipinski definition) is 0. The Kier molecular flexibility index (Phi) is 9.11. The molecule has 0 amide bonds. The molecule has 1 atom stereocenters. The molecule has 0 heterocycles. The molecule has 0 N–H and O–H groups in total. The van der Waals surface area contributed by atoms with Crippen molar-refractivity contribution in [1.82, 2.24) is 0 Å². The van der Waals surface area contributed by atoms with Crippen LogP contribution in [0.5, 0.6) is 0 Å². The van der Waals surface area contributed by atoms with E-state index in [2.05, 4.69) is 20.8 Å². The van der Waals surface area contributed by atoms with Crippen LogP contribution in [0.1, 0.15) is 102 Å². The molecule has 0 radical (unpaired) electrons. The van der Waals surface area contributed by atoms with Crippen LogP contribution in [0.4, 0.5) is 8.78 Å². The van der Waals surface area contributed by atoms with E-state index in [4.69, 9.17) is 0 Å². The first-order valence-electron chi connectivity index (χ1n) is 12.6. The molecule has 0 aliphatic heterocycles. The van der Waals surface area contributed by atoms with Crippen molar-refractivity contribution in [3.63, 3.8) is 0 Å². The summed E-state index contributed by atoms with van der Waals surface area (Å²) in [7, 11) is 0. The van der Waals surface area contributed by atoms with Crippen molar-refractivity contribution >= 4 is 0 Å². The van der Waals surface area contributed by atoms with Crippen LogP contribution >= 0.6 is 0 Å². The third-order valence-electron chi connectivity index (χ3n) is 7.59. The van der Waals surface area contributed by atoms with E-state index < -0.39 is 11.6 Å². The fraction of sp³-hybridized carbons (Fsp3) is 0.586. The zero-order valence-electron chi connectivity index (χ0n) is 19.7. The molecule has 0 aromatic heterocycles. The Labute approximate surface area is 188 Å². The van der Waals surface area contributed by atoms with Crippen LogP contribution in [0.15, 0.2) is 36.4 Å². The smallest absolute Gasteiger partial charge is 0.166 e. The highest BCUT2D eigenvalue weighted by molar-refractivity contribution is 5.65. The second-order valence-electron chi connectivity index (χ2n) is 9.65. The van der Waals surface area contributed by atoms with Gasteiger partial charge in [-0.1, -0.05) is 109 Å². The summed E-state index contributed by atoms with van der Waals surface area (Å²) in [6, 6.07) is 11.4. The molecule has 2 aromatic rings. The van der Waals surface area contributed by atoms with Crippen LogP contribution < -0.4 is 0 Å². The van der Waals surface area contributed by atoms with Crippen molar-refractivity contribution in [2.24, 2.45) is 11.8 Å². The second kappa shape index (κ2) is 11.8. The van der Waals surface area contributed by atoms with Crippen LogP contribution in [0.2, 0.25) is 0 Å². The molecule has 170 valence electrons. The summed E-state index contributed by atoms with van der Waals surface area (Å²) >= 11 is 0. The number of rotatable bonds is 10. The first-order chi connectivity index (χ1) is 15.0. The maximum absolute atomic E-state index is 15.1. The molecule has 1 saturated carbocycles. The summed E-state index contributed by atoms with van der Waals surface area (Å²) in [5, 5.41) is 0. The Bertz CT molecular complexity index is 800. The van der Waals surface area contributed by atoms with Crippen LogP contribution in [-0.4, -0.2) is 0 Å². The van der Waals surface area contributed by atoms with Gasteiger partial charge >= 0.3 is 0 Å². The molecular weight excluding hydrogens is 386 g/mol. The molecule has 1 unspecified atom stereocenters. The van der Waals surface area contributed by atoms with Gasteiger partial charge in [0.2, 0.25) is 0 Å². The lowest BCUT2D eigenvalue weighted by molar-refractivity contribution is 0.233. The minimum Gasteiger partial charge on any atom is -0.203 e. The van der Waals surface area contributed by atoms with Crippen LogP contribution in [0.3, 0.4) is 0 Å². The van der Waals surface area contributed by atoms with E-state index in [0.29, 0.717) is 17.0 Å². The van der Waals surface area contributed by atoms with Gasteiger partial charge in [-0.2, -0.15) is 0 Å². The van der Waals surface area contributed by atoms with Gasteiger partial charge in [-0.3, -0.25) is 0 Å². The van der Waals surface area contributed by atoms with Crippen molar-refractivity contribution in [1.29, 1.82) is 0 Å². The molecule has 0 saturated heterocycles. The molecule has 1 aliphatic rings. The summed E-state index contributed by atoms with van der Waals surface area (Å²) < 4.78 is 30.0. The molecule has 0 spiro atoms. The number of hydrogen-bond donors (Lipinski definition) is 0. The van der Waals surface area contributed by atoms with Gasteiger partial charge in [-0.15, -0.1) is 0 Å². The minimum atomic E-state index is -0.700. The first-order valence-corrected chi connectivity index (χ1v) is 12.6. The van der Waals surface area contributed by atoms with E-state index in [1.54, 1.807) is 6.07 Å². The molecule has 2 heteroatoms. The fourth-order valence-corrected chi connectivity index (χ4v) is 5.33. The average molecular weight is 427 g/mol. The van der Waals surface area contributed by atoms with Gasteiger partial charge in [0, 0.05) is 5.56 Å². The quantitative estimate of drug-likeness (QED) is 0.332. The molecule has 0 bridgehead atoms. The lowest BCUT2D eigenvalue weighted by atomic mass is 9.73. The van der Waals surface area contributed by atoms with Gasteiger partial charge < -0.3 is 0 Å². The maximum Gasteiger partial charge on any atom is 0.166 e. The van der Waals surface area contributed by atoms with Crippen molar-refractivity contribution in [2.75, 3.05) is 0 Å². The van der Waals surface area contributed by atoms with E-state index in [1.165, 1.54) is 56.9 Å². The highest BCUT2D eigenvalue weighted by atomic mass is 19.2. The summed E-state index contributed by atoms with van der Waals surface area (Å²) in [6.45, 7) is 6.43. The predicted molar refractivity (Wildman–Crippen MR) is 128 cm³/mol. The van der Waals surface area contributed by atoms with Gasteiger partial charge in [-0.25, -0.2) is 8.78 Å². The fourth-order valence-electron chi connectivity index (χ4n) is 5.33. The zero-order valence-corrected chi connectivity index (χ0v) is 19.7. The summed E-state index contributed by atoms with van der Waals surface area (Å²) in [5.41, 5.74) is 2.86. The molecule has 3 rings (SSSR count). The van der Waals surface area contributed by atoms with Crippen molar-refractivity contribution in [2.45, 2.75) is 97.3 Å². The minimum absolute atomic E-state index is 0.0662. The highest BCUT2D eigenvalue weighted by Crippen LogP contribution is 2.41. The van der Waals surface area contributed by atoms with Crippen molar-refractivity contribution in [3.8, 4) is 11.1 Å². The SMILES string of the molecule is CCCCCCCC1CCC(C(C)c2ccc(-c3ccc(CC)cc3)c(F)c2F)CC1. The van der Waals surface area contributed by atoms with E-state index in [1.807, 2.05) is 30.3 Å². The summed E-state index contributed by atoms with van der Waals surface area (Å²) in [4.78, 5) is 0. The number of unbranched alkanes of at least 4 members (excludes halogenated alkanes) is 4. The Morgan fingerprint density at radius 1 is 0.806 bits per heavy atom. The van der Waals surface area contributed by atoms with Gasteiger partial charge in [0.1, 0.15) is 0 Å². The molecule has 0 nitrogen and oxygen atoms in total. The second-order valence-corrected chi connectivity index (χ2v) is 9.65. The lowest BCUT2D eigenvalue weighted by Crippen LogP contribution is -2.20. The third kappa shape index (κ3) is 6.18. The summed E-state index contributed by atoms with van der Waals surface area (Å²) in [5.74, 6) is 0.00792. The van der Waals surface area contributed by atoms with Gasteiger partial charge in [0.25, 0.3) is 0 Å². The largest absolute Gasteiger partial charge is 0.203 e. The van der Waals surface area contributed by atoms with Crippen LogP contribution in [0, 0.1) is 23.5 Å². The van der Waals surface area contributed by atoms with Crippen LogP contribution in [-0.2, 0) is 6.42 Å². The normalized spacial score (nSPS) is 20.0. The van der Waals surface area contributed by atoms with Gasteiger partial charge in [-0.05, 0) is 53.7 Å². The highest BCUT2D eigenvalue weighted by Gasteiger charge is 2.28. The molecule has 31 heavy (non-hydrogen) atoms. The molecule has 2 aromatic carbocycles. The zero-order chi connectivity index (χ0) is 22.2. The van der Waals surface area contributed by atoms with E-state index >= 15 is 4.39 Å². The molecule has 1 fully saturated rings. The van der Waals surface area contributed by atoms with Gasteiger partial charge in [0.05, 0.1) is 0 Å².